The van der Waals surface area contributed by atoms with Crippen LogP contribution in [0, 0.1) is 5.82 Å². The van der Waals surface area contributed by atoms with Crippen LogP contribution < -0.4 is 19.5 Å². The molecule has 1 aromatic heterocycles. The average Bonchev–Trinajstić information content (AvgIpc) is 3.34. The van der Waals surface area contributed by atoms with Crippen LogP contribution in [0.2, 0.25) is 0 Å². The van der Waals surface area contributed by atoms with Gasteiger partial charge in [-0.3, -0.25) is 9.89 Å². The van der Waals surface area contributed by atoms with E-state index in [1.54, 1.807) is 19.2 Å². The second-order valence-corrected chi connectivity index (χ2v) is 6.63. The number of ether oxygens (including phenoxy) is 3. The summed E-state index contributed by atoms with van der Waals surface area (Å²) in [5.41, 5.74) is 3.20. The first kappa shape index (κ1) is 16.6. The lowest BCUT2D eigenvalue weighted by atomic mass is 9.84. The summed E-state index contributed by atoms with van der Waals surface area (Å²) in [6.07, 6.45) is 0.240. The Morgan fingerprint density at radius 2 is 2.04 bits per heavy atom. The van der Waals surface area contributed by atoms with Gasteiger partial charge in [0.2, 0.25) is 18.4 Å². The quantitative estimate of drug-likeness (QED) is 0.726. The number of hydrogen-bond acceptors (Lipinski definition) is 5. The van der Waals surface area contributed by atoms with Gasteiger partial charge in [0.1, 0.15) is 5.82 Å². The summed E-state index contributed by atoms with van der Waals surface area (Å²) in [6.45, 7) is 0.123. The maximum absolute atomic E-state index is 13.3. The molecular weight excluding hydrogens is 365 g/mol. The number of nitrogens with one attached hydrogen (secondary N) is 2. The van der Waals surface area contributed by atoms with Crippen molar-refractivity contribution in [3.8, 4) is 28.5 Å². The second kappa shape index (κ2) is 6.26. The van der Waals surface area contributed by atoms with Crippen molar-refractivity contribution in [3.63, 3.8) is 0 Å². The van der Waals surface area contributed by atoms with E-state index >= 15 is 0 Å². The number of anilines is 1. The standard InChI is InChI=1S/C20H16FN3O4/c1-26-14-6-11(7-15-19(14)28-9-27-15)13-8-16(25)22-20-17(13)18(23-24-20)10-2-4-12(21)5-3-10/h2-7,13H,8-9H2,1H3,(H2,22,23,24,25). The van der Waals surface area contributed by atoms with Gasteiger partial charge in [-0.25, -0.2) is 4.39 Å². The van der Waals surface area contributed by atoms with E-state index in [1.807, 2.05) is 12.1 Å². The minimum atomic E-state index is -0.317. The summed E-state index contributed by atoms with van der Waals surface area (Å²) in [4.78, 5) is 12.3. The molecule has 2 aliphatic heterocycles. The van der Waals surface area contributed by atoms with Crippen LogP contribution in [-0.4, -0.2) is 30.0 Å². The third-order valence-electron chi connectivity index (χ3n) is 5.02. The number of rotatable bonds is 3. The predicted octanol–water partition coefficient (Wildman–Crippen LogP) is 3.43. The average molecular weight is 381 g/mol. The van der Waals surface area contributed by atoms with E-state index in [9.17, 15) is 9.18 Å². The number of benzene rings is 2. The summed E-state index contributed by atoms with van der Waals surface area (Å²) in [6, 6.07) is 9.85. The number of nitrogens with zero attached hydrogens (tertiary/aromatic N) is 1. The first-order valence-electron chi connectivity index (χ1n) is 8.75. The van der Waals surface area contributed by atoms with Crippen molar-refractivity contribution in [2.24, 2.45) is 0 Å². The minimum absolute atomic E-state index is 0.123. The highest BCUT2D eigenvalue weighted by Crippen LogP contribution is 2.48. The first-order chi connectivity index (χ1) is 13.6. The number of H-pyrrole nitrogens is 1. The van der Waals surface area contributed by atoms with Gasteiger partial charge < -0.3 is 19.5 Å². The van der Waals surface area contributed by atoms with Crippen LogP contribution in [0.4, 0.5) is 10.2 Å². The van der Waals surface area contributed by atoms with E-state index in [1.165, 1.54) is 12.1 Å². The Morgan fingerprint density at radius 3 is 2.82 bits per heavy atom. The van der Waals surface area contributed by atoms with Crippen molar-refractivity contribution in [1.29, 1.82) is 0 Å². The van der Waals surface area contributed by atoms with Crippen LogP contribution >= 0.6 is 0 Å². The Balaban J connectivity index is 1.66. The SMILES string of the molecule is COc1cc(C2CC(=O)Nc3n[nH]c(-c4ccc(F)cc4)c32)cc2c1OCO2. The number of aromatic nitrogens is 2. The molecule has 5 rings (SSSR count). The van der Waals surface area contributed by atoms with Crippen molar-refractivity contribution in [2.45, 2.75) is 12.3 Å². The highest BCUT2D eigenvalue weighted by molar-refractivity contribution is 5.96. The molecule has 0 saturated heterocycles. The zero-order chi connectivity index (χ0) is 19.3. The number of halogens is 1. The van der Waals surface area contributed by atoms with Gasteiger partial charge in [0.05, 0.1) is 12.8 Å². The van der Waals surface area contributed by atoms with Crippen LogP contribution in [-0.2, 0) is 4.79 Å². The zero-order valence-corrected chi connectivity index (χ0v) is 14.9. The third kappa shape index (κ3) is 2.57. The molecule has 0 aliphatic carbocycles. The topological polar surface area (TPSA) is 85.5 Å². The Morgan fingerprint density at radius 1 is 1.21 bits per heavy atom. The Labute approximate surface area is 159 Å². The molecule has 0 bridgehead atoms. The fourth-order valence-electron chi connectivity index (χ4n) is 3.73. The Kier molecular flexibility index (Phi) is 3.71. The number of amides is 1. The second-order valence-electron chi connectivity index (χ2n) is 6.63. The summed E-state index contributed by atoms with van der Waals surface area (Å²) < 4.78 is 29.8. The molecule has 142 valence electrons. The summed E-state index contributed by atoms with van der Waals surface area (Å²) >= 11 is 0. The molecule has 0 saturated carbocycles. The molecule has 2 N–H and O–H groups in total. The highest BCUT2D eigenvalue weighted by atomic mass is 19.1. The van der Waals surface area contributed by atoms with Crippen molar-refractivity contribution < 1.29 is 23.4 Å². The fraction of sp³-hybridized carbons (Fsp3) is 0.200. The molecule has 28 heavy (non-hydrogen) atoms. The minimum Gasteiger partial charge on any atom is -0.493 e. The number of aromatic amines is 1. The molecule has 8 heteroatoms. The summed E-state index contributed by atoms with van der Waals surface area (Å²) in [7, 11) is 1.56. The zero-order valence-electron chi connectivity index (χ0n) is 14.9. The molecule has 2 aliphatic rings. The maximum atomic E-state index is 13.3. The molecule has 0 fully saturated rings. The molecule has 3 heterocycles. The molecule has 1 atom stereocenters. The largest absolute Gasteiger partial charge is 0.493 e. The van der Waals surface area contributed by atoms with Crippen LogP contribution in [0.3, 0.4) is 0 Å². The van der Waals surface area contributed by atoms with Gasteiger partial charge in [0.25, 0.3) is 0 Å². The number of fused-ring (bicyclic) bond motifs is 2. The van der Waals surface area contributed by atoms with Gasteiger partial charge >= 0.3 is 0 Å². The molecule has 2 aromatic carbocycles. The maximum Gasteiger partial charge on any atom is 0.231 e. The van der Waals surface area contributed by atoms with E-state index in [4.69, 9.17) is 14.2 Å². The lowest BCUT2D eigenvalue weighted by Gasteiger charge is -2.24. The van der Waals surface area contributed by atoms with Gasteiger partial charge in [-0.2, -0.15) is 5.10 Å². The molecule has 0 spiro atoms. The molecule has 7 nitrogen and oxygen atoms in total. The van der Waals surface area contributed by atoms with Gasteiger partial charge in [-0.05, 0) is 42.0 Å². The number of carbonyl (C=O) groups excluding carboxylic acids is 1. The van der Waals surface area contributed by atoms with E-state index in [2.05, 4.69) is 15.5 Å². The van der Waals surface area contributed by atoms with E-state index < -0.39 is 0 Å². The van der Waals surface area contributed by atoms with Crippen molar-refractivity contribution in [2.75, 3.05) is 19.2 Å². The molecule has 1 unspecified atom stereocenters. The summed E-state index contributed by atoms with van der Waals surface area (Å²) in [5, 5.41) is 10.0. The molecule has 3 aromatic rings. The van der Waals surface area contributed by atoms with Gasteiger partial charge in [0, 0.05) is 23.5 Å². The molecule has 1 amide bonds. The van der Waals surface area contributed by atoms with Crippen molar-refractivity contribution >= 4 is 11.7 Å². The van der Waals surface area contributed by atoms with Gasteiger partial charge in [0.15, 0.2) is 17.3 Å². The van der Waals surface area contributed by atoms with Crippen LogP contribution in [0.5, 0.6) is 17.2 Å². The normalized spacial score (nSPS) is 17.2. The monoisotopic (exact) mass is 381 g/mol. The fourth-order valence-corrected chi connectivity index (χ4v) is 3.73. The Bertz CT molecular complexity index is 1080. The van der Waals surface area contributed by atoms with Crippen LogP contribution in [0.1, 0.15) is 23.5 Å². The third-order valence-corrected chi connectivity index (χ3v) is 5.02. The highest BCUT2D eigenvalue weighted by Gasteiger charge is 2.34. The summed E-state index contributed by atoms with van der Waals surface area (Å²) in [5.74, 6) is 1.42. The smallest absolute Gasteiger partial charge is 0.231 e. The van der Waals surface area contributed by atoms with E-state index in [0.717, 1.165) is 22.4 Å². The van der Waals surface area contributed by atoms with Crippen molar-refractivity contribution in [3.05, 3.63) is 53.3 Å². The lowest BCUT2D eigenvalue weighted by Crippen LogP contribution is -2.23. The first-order valence-corrected chi connectivity index (χ1v) is 8.75. The van der Waals surface area contributed by atoms with Crippen LogP contribution in [0.15, 0.2) is 36.4 Å². The number of methoxy groups -OCH3 is 1. The van der Waals surface area contributed by atoms with Crippen molar-refractivity contribution in [1.82, 2.24) is 10.2 Å². The van der Waals surface area contributed by atoms with Gasteiger partial charge in [-0.15, -0.1) is 0 Å². The van der Waals surface area contributed by atoms with Gasteiger partial charge in [-0.1, -0.05) is 0 Å². The van der Waals surface area contributed by atoms with E-state index in [0.29, 0.717) is 23.1 Å². The number of carbonyl (C=O) groups is 1. The van der Waals surface area contributed by atoms with E-state index in [-0.39, 0.29) is 30.9 Å². The Hall–Kier alpha value is -3.55. The van der Waals surface area contributed by atoms with Crippen LogP contribution in [0.25, 0.3) is 11.3 Å². The lowest BCUT2D eigenvalue weighted by molar-refractivity contribution is -0.116. The predicted molar refractivity (Wildman–Crippen MR) is 98.2 cm³/mol. The molecular formula is C20H16FN3O4. The molecule has 0 radical (unpaired) electrons. The number of hydrogen-bond donors (Lipinski definition) is 2.